The Kier molecular flexibility index (Phi) is 3.60. The van der Waals surface area contributed by atoms with Gasteiger partial charge in [-0.3, -0.25) is 9.69 Å². The van der Waals surface area contributed by atoms with E-state index >= 15 is 0 Å². The van der Waals surface area contributed by atoms with Crippen molar-refractivity contribution < 1.29 is 4.79 Å². The summed E-state index contributed by atoms with van der Waals surface area (Å²) in [5, 5.41) is 0.881. The lowest BCUT2D eigenvalue weighted by Gasteiger charge is -2.28. The Balaban J connectivity index is 1.82. The van der Waals surface area contributed by atoms with Crippen LogP contribution in [0.1, 0.15) is 24.8 Å². The highest BCUT2D eigenvalue weighted by molar-refractivity contribution is 8.14. The minimum absolute atomic E-state index is 0.251. The van der Waals surface area contributed by atoms with Gasteiger partial charge in [0.1, 0.15) is 0 Å². The molecule has 0 spiro atoms. The molecule has 1 heterocycles. The molecule has 2 fully saturated rings. The molecule has 1 aromatic rings. The fraction of sp³-hybridized carbons (Fsp3) is 0.467. The highest BCUT2D eigenvalue weighted by Crippen LogP contribution is 2.32. The molecule has 100 valence electrons. The maximum atomic E-state index is 12.3. The summed E-state index contributed by atoms with van der Waals surface area (Å²) in [6.07, 6.45) is 3.30. The van der Waals surface area contributed by atoms with Crippen molar-refractivity contribution in [3.05, 3.63) is 29.8 Å². The summed E-state index contributed by atoms with van der Waals surface area (Å²) in [7, 11) is 0. The van der Waals surface area contributed by atoms with Crippen molar-refractivity contribution in [2.45, 2.75) is 26.2 Å². The molecular formula is C15H18N2OS. The van der Waals surface area contributed by atoms with E-state index in [9.17, 15) is 4.79 Å². The fourth-order valence-electron chi connectivity index (χ4n) is 2.37. The molecule has 1 aliphatic heterocycles. The van der Waals surface area contributed by atoms with E-state index in [4.69, 9.17) is 0 Å². The summed E-state index contributed by atoms with van der Waals surface area (Å²) in [6, 6.07) is 8.06. The van der Waals surface area contributed by atoms with Gasteiger partial charge in [0.05, 0.1) is 5.69 Å². The van der Waals surface area contributed by atoms with Gasteiger partial charge in [0.2, 0.25) is 5.91 Å². The topological polar surface area (TPSA) is 32.7 Å². The van der Waals surface area contributed by atoms with Crippen LogP contribution in [0.2, 0.25) is 0 Å². The van der Waals surface area contributed by atoms with Crippen LogP contribution in [0.3, 0.4) is 0 Å². The summed E-state index contributed by atoms with van der Waals surface area (Å²) >= 11 is 1.69. The first kappa shape index (κ1) is 12.7. The second-order valence-electron chi connectivity index (χ2n) is 5.15. The van der Waals surface area contributed by atoms with Gasteiger partial charge in [-0.1, -0.05) is 36.4 Å². The van der Waals surface area contributed by atoms with Crippen molar-refractivity contribution in [3.8, 4) is 0 Å². The molecule has 1 amide bonds. The number of benzene rings is 1. The lowest BCUT2D eigenvalue weighted by molar-refractivity contribution is -0.133. The molecule has 2 aliphatic rings. The van der Waals surface area contributed by atoms with E-state index in [1.165, 1.54) is 6.42 Å². The number of carbonyl (C=O) groups excluding carboxylic acids is 1. The number of hydrogen-bond donors (Lipinski definition) is 0. The van der Waals surface area contributed by atoms with Gasteiger partial charge in [0.15, 0.2) is 5.17 Å². The average Bonchev–Trinajstić information content (AvgIpc) is 2.78. The van der Waals surface area contributed by atoms with E-state index in [2.05, 4.69) is 18.0 Å². The predicted molar refractivity (Wildman–Crippen MR) is 79.8 cm³/mol. The molecule has 1 saturated carbocycles. The Bertz CT molecular complexity index is 523. The number of nitrogens with zero attached hydrogens (tertiary/aromatic N) is 2. The number of thioether (sulfide) groups is 1. The van der Waals surface area contributed by atoms with E-state index in [1.807, 2.05) is 23.1 Å². The minimum atomic E-state index is 0.251. The van der Waals surface area contributed by atoms with Crippen LogP contribution in [0, 0.1) is 12.8 Å². The summed E-state index contributed by atoms with van der Waals surface area (Å²) in [6.45, 7) is 2.86. The maximum absolute atomic E-state index is 12.3. The number of amides is 1. The Hall–Kier alpha value is -1.29. The molecule has 3 nitrogen and oxygen atoms in total. The third-order valence-electron chi connectivity index (χ3n) is 3.83. The summed E-state index contributed by atoms with van der Waals surface area (Å²) < 4.78 is 0. The maximum Gasteiger partial charge on any atom is 0.231 e. The van der Waals surface area contributed by atoms with Crippen molar-refractivity contribution in [1.29, 1.82) is 0 Å². The number of aryl methyl sites for hydroxylation is 1. The van der Waals surface area contributed by atoms with E-state index in [1.54, 1.807) is 11.8 Å². The fourth-order valence-corrected chi connectivity index (χ4v) is 3.32. The van der Waals surface area contributed by atoms with Gasteiger partial charge in [-0.05, 0) is 31.4 Å². The number of amidine groups is 1. The van der Waals surface area contributed by atoms with Crippen molar-refractivity contribution in [3.63, 3.8) is 0 Å². The Labute approximate surface area is 118 Å². The Morgan fingerprint density at radius 3 is 2.84 bits per heavy atom. The number of hydrogen-bond acceptors (Lipinski definition) is 3. The van der Waals surface area contributed by atoms with Crippen LogP contribution >= 0.6 is 11.8 Å². The smallest absolute Gasteiger partial charge is 0.231 e. The number of rotatable bonds is 2. The molecule has 0 unspecified atom stereocenters. The summed E-state index contributed by atoms with van der Waals surface area (Å²) in [5.74, 6) is 1.49. The van der Waals surface area contributed by atoms with Gasteiger partial charge in [0.25, 0.3) is 0 Å². The first-order chi connectivity index (χ1) is 9.25. The van der Waals surface area contributed by atoms with Crippen molar-refractivity contribution in [1.82, 2.24) is 4.90 Å². The molecular weight excluding hydrogens is 256 g/mol. The summed E-state index contributed by atoms with van der Waals surface area (Å²) in [4.78, 5) is 18.9. The molecule has 1 aromatic carbocycles. The van der Waals surface area contributed by atoms with Gasteiger partial charge >= 0.3 is 0 Å². The van der Waals surface area contributed by atoms with E-state index < -0.39 is 0 Å². The molecule has 3 rings (SSSR count). The average molecular weight is 274 g/mol. The van der Waals surface area contributed by atoms with Crippen LogP contribution in [0.5, 0.6) is 0 Å². The van der Waals surface area contributed by atoms with Crippen LogP contribution < -0.4 is 0 Å². The number of aliphatic imine (C=N–C) groups is 1. The van der Waals surface area contributed by atoms with E-state index in [0.29, 0.717) is 0 Å². The van der Waals surface area contributed by atoms with Crippen LogP contribution in [0.25, 0.3) is 0 Å². The number of carbonyl (C=O) groups is 1. The van der Waals surface area contributed by atoms with Gasteiger partial charge in [-0.15, -0.1) is 0 Å². The Morgan fingerprint density at radius 1 is 1.37 bits per heavy atom. The third-order valence-corrected chi connectivity index (χ3v) is 4.79. The zero-order valence-corrected chi connectivity index (χ0v) is 11.9. The molecule has 0 atom stereocenters. The van der Waals surface area contributed by atoms with Crippen molar-refractivity contribution >= 4 is 28.5 Å². The molecule has 1 saturated heterocycles. The molecule has 0 bridgehead atoms. The second-order valence-corrected chi connectivity index (χ2v) is 6.21. The minimum Gasteiger partial charge on any atom is -0.290 e. The molecule has 1 aliphatic carbocycles. The summed E-state index contributed by atoms with van der Waals surface area (Å²) in [5.41, 5.74) is 2.12. The SMILES string of the molecule is Cc1ccccc1N=C1SCCN1C(=O)C1CCC1. The molecule has 4 heteroatoms. The standard InChI is InChI=1S/C15H18N2OS/c1-11-5-2-3-8-13(11)16-15-17(9-10-19-15)14(18)12-6-4-7-12/h2-3,5,8,12H,4,6-7,9-10H2,1H3. The van der Waals surface area contributed by atoms with Gasteiger partial charge in [-0.2, -0.15) is 0 Å². The Morgan fingerprint density at radius 2 is 2.16 bits per heavy atom. The molecule has 0 aromatic heterocycles. The molecule has 0 N–H and O–H groups in total. The molecule has 19 heavy (non-hydrogen) atoms. The normalized spacial score (nSPS) is 21.7. The van der Waals surface area contributed by atoms with E-state index in [0.717, 1.165) is 41.6 Å². The predicted octanol–water partition coefficient (Wildman–Crippen LogP) is 3.36. The lowest BCUT2D eigenvalue weighted by atomic mass is 9.84. The largest absolute Gasteiger partial charge is 0.290 e. The van der Waals surface area contributed by atoms with Gasteiger partial charge in [0, 0.05) is 18.2 Å². The van der Waals surface area contributed by atoms with E-state index in [-0.39, 0.29) is 11.8 Å². The van der Waals surface area contributed by atoms with Crippen LogP contribution in [0.15, 0.2) is 29.3 Å². The highest BCUT2D eigenvalue weighted by Gasteiger charge is 2.34. The van der Waals surface area contributed by atoms with Crippen LogP contribution in [-0.2, 0) is 4.79 Å². The first-order valence-corrected chi connectivity index (χ1v) is 7.83. The zero-order chi connectivity index (χ0) is 13.2. The quantitative estimate of drug-likeness (QED) is 0.828. The van der Waals surface area contributed by atoms with Gasteiger partial charge < -0.3 is 0 Å². The van der Waals surface area contributed by atoms with Crippen molar-refractivity contribution in [2.75, 3.05) is 12.3 Å². The third kappa shape index (κ3) is 2.54. The zero-order valence-electron chi connectivity index (χ0n) is 11.1. The lowest BCUT2D eigenvalue weighted by Crippen LogP contribution is -2.39. The van der Waals surface area contributed by atoms with Gasteiger partial charge in [-0.25, -0.2) is 4.99 Å². The van der Waals surface area contributed by atoms with Crippen molar-refractivity contribution in [2.24, 2.45) is 10.9 Å². The molecule has 0 radical (unpaired) electrons. The monoisotopic (exact) mass is 274 g/mol. The van der Waals surface area contributed by atoms with Crippen LogP contribution in [0.4, 0.5) is 5.69 Å². The van der Waals surface area contributed by atoms with Crippen LogP contribution in [-0.4, -0.2) is 28.3 Å². The highest BCUT2D eigenvalue weighted by atomic mass is 32.2. The number of para-hydroxylation sites is 1. The second kappa shape index (κ2) is 5.37. The first-order valence-electron chi connectivity index (χ1n) is 6.84.